The zero-order valence-corrected chi connectivity index (χ0v) is 14.0. The Kier molecular flexibility index (Phi) is 7.54. The van der Waals surface area contributed by atoms with Gasteiger partial charge in [-0.25, -0.2) is 0 Å². The Morgan fingerprint density at radius 1 is 1.19 bits per heavy atom. The Morgan fingerprint density at radius 2 is 1.95 bits per heavy atom. The third-order valence-electron chi connectivity index (χ3n) is 3.34. The molecule has 0 fully saturated rings. The number of aromatic nitrogens is 2. The molecule has 5 heteroatoms. The summed E-state index contributed by atoms with van der Waals surface area (Å²) < 4.78 is 7.94. The number of nitrogens with zero attached hydrogens (tertiary/aromatic N) is 3. The maximum atomic E-state index is 5.87. The smallest absolute Gasteiger partial charge is 0.240 e. The number of benzene rings is 1. The van der Waals surface area contributed by atoms with E-state index in [1.54, 1.807) is 0 Å². The van der Waals surface area contributed by atoms with E-state index in [0.717, 1.165) is 37.2 Å². The van der Waals surface area contributed by atoms with Crippen LogP contribution in [0.4, 0.5) is 0 Å². The van der Waals surface area contributed by atoms with Gasteiger partial charge in [-0.2, -0.15) is 0 Å². The summed E-state index contributed by atoms with van der Waals surface area (Å²) in [7, 11) is 4.16. The van der Waals surface area contributed by atoms with Gasteiger partial charge in [0.15, 0.2) is 0 Å². The zero-order valence-electron chi connectivity index (χ0n) is 13.2. The van der Waals surface area contributed by atoms with Crippen molar-refractivity contribution in [3.05, 3.63) is 24.3 Å². The predicted molar refractivity (Wildman–Crippen MR) is 90.6 cm³/mol. The van der Waals surface area contributed by atoms with Crippen LogP contribution in [0.2, 0.25) is 0 Å². The number of hydrogen-bond donors (Lipinski definition) is 0. The lowest BCUT2D eigenvalue weighted by molar-refractivity contribution is 0.272. The molecule has 0 radical (unpaired) electrons. The maximum absolute atomic E-state index is 5.87. The Bertz CT molecular complexity index is 539. The second kappa shape index (κ2) is 8.90. The Labute approximate surface area is 133 Å². The zero-order chi connectivity index (χ0) is 14.4. The van der Waals surface area contributed by atoms with Crippen LogP contribution in [0.25, 0.3) is 10.9 Å². The van der Waals surface area contributed by atoms with Crippen molar-refractivity contribution >= 4 is 23.3 Å². The van der Waals surface area contributed by atoms with Gasteiger partial charge in [-0.15, -0.1) is 17.5 Å². The van der Waals surface area contributed by atoms with Gasteiger partial charge in [-0.05, 0) is 39.1 Å². The molecular formula is C16H26ClN3O. The summed E-state index contributed by atoms with van der Waals surface area (Å²) in [5.74, 6) is 0.774. The van der Waals surface area contributed by atoms with Crippen molar-refractivity contribution in [3.63, 3.8) is 0 Å². The van der Waals surface area contributed by atoms with E-state index in [2.05, 4.69) is 53.9 Å². The van der Waals surface area contributed by atoms with E-state index < -0.39 is 0 Å². The van der Waals surface area contributed by atoms with Crippen LogP contribution < -0.4 is 4.74 Å². The van der Waals surface area contributed by atoms with Gasteiger partial charge in [-0.1, -0.05) is 25.5 Å². The maximum Gasteiger partial charge on any atom is 0.240 e. The van der Waals surface area contributed by atoms with Crippen molar-refractivity contribution < 1.29 is 4.74 Å². The molecule has 0 amide bonds. The van der Waals surface area contributed by atoms with E-state index in [4.69, 9.17) is 4.74 Å². The lowest BCUT2D eigenvalue weighted by Crippen LogP contribution is -2.15. The molecule has 4 nitrogen and oxygen atoms in total. The summed E-state index contributed by atoms with van der Waals surface area (Å²) in [5.41, 5.74) is 1.17. The molecule has 0 unspecified atom stereocenters. The van der Waals surface area contributed by atoms with Gasteiger partial charge in [0.2, 0.25) is 5.88 Å². The van der Waals surface area contributed by atoms with Crippen LogP contribution in [0, 0.1) is 0 Å². The van der Waals surface area contributed by atoms with Gasteiger partial charge in [0.1, 0.15) is 0 Å². The minimum Gasteiger partial charge on any atom is -0.476 e. The van der Waals surface area contributed by atoms with Gasteiger partial charge in [0, 0.05) is 13.1 Å². The largest absolute Gasteiger partial charge is 0.476 e. The molecule has 1 aromatic heterocycles. The van der Waals surface area contributed by atoms with E-state index >= 15 is 0 Å². The molecule has 21 heavy (non-hydrogen) atoms. The van der Waals surface area contributed by atoms with Crippen molar-refractivity contribution in [3.8, 4) is 5.88 Å². The summed E-state index contributed by atoms with van der Waals surface area (Å²) >= 11 is 0. The highest BCUT2D eigenvalue weighted by Crippen LogP contribution is 2.25. The highest BCUT2D eigenvalue weighted by Gasteiger charge is 2.10. The minimum absolute atomic E-state index is 0. The van der Waals surface area contributed by atoms with Crippen molar-refractivity contribution in [2.75, 3.05) is 27.2 Å². The van der Waals surface area contributed by atoms with Gasteiger partial charge >= 0.3 is 0 Å². The molecule has 0 spiro atoms. The molecule has 0 saturated carbocycles. The Balaban J connectivity index is 0.00000220. The molecule has 0 atom stereocenters. The molecule has 1 heterocycles. The highest BCUT2D eigenvalue weighted by molar-refractivity contribution is 5.85. The third-order valence-corrected chi connectivity index (χ3v) is 3.34. The Morgan fingerprint density at radius 3 is 2.67 bits per heavy atom. The molecule has 0 N–H and O–H groups in total. The number of fused-ring (bicyclic) bond motifs is 1. The molecule has 0 aliphatic carbocycles. The standard InChI is InChI=1S/C16H25N3O.ClH/c1-4-5-12-19-15-10-7-6-9-14(15)16(17-19)20-13-8-11-18(2)3;/h6-7,9-10H,4-5,8,11-13H2,1-3H3;1H. The predicted octanol–water partition coefficient (Wildman–Crippen LogP) is 3.59. The van der Waals surface area contributed by atoms with Gasteiger partial charge in [0.05, 0.1) is 17.5 Å². The normalized spacial score (nSPS) is 10.9. The number of aryl methyl sites for hydroxylation is 1. The summed E-state index contributed by atoms with van der Waals surface area (Å²) in [5, 5.41) is 5.74. The number of hydrogen-bond acceptors (Lipinski definition) is 3. The molecule has 118 valence electrons. The molecule has 1 aromatic carbocycles. The number of ether oxygens (including phenoxy) is 1. The van der Waals surface area contributed by atoms with E-state index in [1.807, 2.05) is 6.07 Å². The molecule has 2 rings (SSSR count). The number of para-hydroxylation sites is 1. The lowest BCUT2D eigenvalue weighted by atomic mass is 10.2. The van der Waals surface area contributed by atoms with Crippen LogP contribution >= 0.6 is 12.4 Å². The highest BCUT2D eigenvalue weighted by atomic mass is 35.5. The summed E-state index contributed by atoms with van der Waals surface area (Å²) in [6.45, 7) is 4.91. The van der Waals surface area contributed by atoms with Crippen LogP contribution in [0.5, 0.6) is 5.88 Å². The monoisotopic (exact) mass is 311 g/mol. The average Bonchev–Trinajstić information content (AvgIpc) is 2.80. The van der Waals surface area contributed by atoms with Crippen LogP contribution in [-0.2, 0) is 6.54 Å². The fourth-order valence-corrected chi connectivity index (χ4v) is 2.23. The number of halogens is 1. The quantitative estimate of drug-likeness (QED) is 0.698. The van der Waals surface area contributed by atoms with Gasteiger partial charge in [0.25, 0.3) is 0 Å². The van der Waals surface area contributed by atoms with Crippen LogP contribution in [0.15, 0.2) is 24.3 Å². The average molecular weight is 312 g/mol. The van der Waals surface area contributed by atoms with Crippen molar-refractivity contribution in [2.45, 2.75) is 32.7 Å². The topological polar surface area (TPSA) is 30.3 Å². The van der Waals surface area contributed by atoms with E-state index in [0.29, 0.717) is 6.61 Å². The summed E-state index contributed by atoms with van der Waals surface area (Å²) in [4.78, 5) is 2.17. The summed E-state index contributed by atoms with van der Waals surface area (Å²) in [6, 6.07) is 8.31. The number of unbranched alkanes of at least 4 members (excludes halogenated alkanes) is 1. The van der Waals surface area contributed by atoms with E-state index in [-0.39, 0.29) is 12.4 Å². The second-order valence-electron chi connectivity index (χ2n) is 5.40. The summed E-state index contributed by atoms with van der Waals surface area (Å²) in [6.07, 6.45) is 3.34. The lowest BCUT2D eigenvalue weighted by Gasteiger charge is -2.09. The molecule has 0 bridgehead atoms. The first-order chi connectivity index (χ1) is 9.72. The molecule has 0 aliphatic heterocycles. The SMILES string of the molecule is CCCCn1nc(OCCCN(C)C)c2ccccc21.Cl. The van der Waals surface area contributed by atoms with Crippen LogP contribution in [-0.4, -0.2) is 41.9 Å². The fourth-order valence-electron chi connectivity index (χ4n) is 2.23. The fraction of sp³-hybridized carbons (Fsp3) is 0.562. The van der Waals surface area contributed by atoms with Crippen molar-refractivity contribution in [2.24, 2.45) is 0 Å². The molecule has 0 saturated heterocycles. The van der Waals surface area contributed by atoms with Gasteiger partial charge in [-0.3, -0.25) is 4.68 Å². The first-order valence-electron chi connectivity index (χ1n) is 7.45. The molecular weight excluding hydrogens is 286 g/mol. The first kappa shape index (κ1) is 17.8. The van der Waals surface area contributed by atoms with Crippen LogP contribution in [0.1, 0.15) is 26.2 Å². The van der Waals surface area contributed by atoms with Crippen LogP contribution in [0.3, 0.4) is 0 Å². The van der Waals surface area contributed by atoms with E-state index in [1.165, 1.54) is 11.9 Å². The van der Waals surface area contributed by atoms with Crippen molar-refractivity contribution in [1.82, 2.24) is 14.7 Å². The van der Waals surface area contributed by atoms with Crippen molar-refractivity contribution in [1.29, 1.82) is 0 Å². The number of rotatable bonds is 8. The Hall–Kier alpha value is -1.26. The second-order valence-corrected chi connectivity index (χ2v) is 5.40. The minimum atomic E-state index is 0. The molecule has 0 aliphatic rings. The third kappa shape index (κ3) is 4.90. The van der Waals surface area contributed by atoms with E-state index in [9.17, 15) is 0 Å². The first-order valence-corrected chi connectivity index (χ1v) is 7.45. The van der Waals surface area contributed by atoms with Gasteiger partial charge < -0.3 is 9.64 Å². The molecule has 2 aromatic rings.